The molecule has 41 heavy (non-hydrogen) atoms. The fourth-order valence-corrected chi connectivity index (χ4v) is 4.45. The number of aromatic nitrogens is 6. The number of piperidine rings is 1. The van der Waals surface area contributed by atoms with Gasteiger partial charge in [-0.2, -0.15) is 29.9 Å². The highest BCUT2D eigenvalue weighted by atomic mass is 16.3. The number of hydrogen-bond acceptors (Lipinski definition) is 13. The second-order valence-corrected chi connectivity index (χ2v) is 9.60. The van der Waals surface area contributed by atoms with Crippen LogP contribution in [0.2, 0.25) is 0 Å². The largest absolute Gasteiger partial charge is 0.396 e. The first-order chi connectivity index (χ1) is 20.2. The highest BCUT2D eigenvalue weighted by Gasteiger charge is 2.23. The topological polar surface area (TPSA) is 169 Å². The van der Waals surface area contributed by atoms with Gasteiger partial charge in [0.05, 0.1) is 13.2 Å². The van der Waals surface area contributed by atoms with Crippen molar-refractivity contribution in [3.8, 4) is 0 Å². The summed E-state index contributed by atoms with van der Waals surface area (Å²) in [6.07, 6.45) is 2.23. The van der Waals surface area contributed by atoms with Crippen molar-refractivity contribution in [1.82, 2.24) is 29.9 Å². The number of anilines is 7. The van der Waals surface area contributed by atoms with Crippen molar-refractivity contribution in [2.45, 2.75) is 19.3 Å². The third-order valence-corrected chi connectivity index (χ3v) is 6.54. The number of para-hydroxylation sites is 2. The third kappa shape index (κ3) is 8.19. The van der Waals surface area contributed by atoms with E-state index in [0.29, 0.717) is 61.0 Å². The molecule has 5 rings (SSSR count). The van der Waals surface area contributed by atoms with Crippen LogP contribution in [0.15, 0.2) is 60.7 Å². The van der Waals surface area contributed by atoms with Crippen molar-refractivity contribution < 1.29 is 10.2 Å². The molecule has 1 saturated heterocycles. The standard InChI is InChI=1S/C28H35N11O2/c40-17-13-23-33-26(31-21-7-3-1-4-8-21)38-28(34-23)39-15-11-20(12-16-39)19-30-25-35-24(29-14-18-41)36-27(37-25)32-22-9-5-2-6-10-22/h1-10,20,40-41H,11-19H2,(H,31,33,34,38)(H3,29,30,32,35,36,37). The van der Waals surface area contributed by atoms with Crippen LogP contribution in [-0.4, -0.2) is 79.5 Å². The van der Waals surface area contributed by atoms with E-state index in [1.165, 1.54) is 0 Å². The van der Waals surface area contributed by atoms with Crippen molar-refractivity contribution >= 4 is 41.1 Å². The van der Waals surface area contributed by atoms with E-state index in [1.807, 2.05) is 60.7 Å². The van der Waals surface area contributed by atoms with Crippen LogP contribution >= 0.6 is 0 Å². The van der Waals surface area contributed by atoms with E-state index in [2.05, 4.69) is 56.1 Å². The van der Waals surface area contributed by atoms with Crippen LogP contribution in [0.1, 0.15) is 18.7 Å². The average molecular weight is 558 g/mol. The van der Waals surface area contributed by atoms with Crippen LogP contribution in [0.3, 0.4) is 0 Å². The first-order valence-electron chi connectivity index (χ1n) is 13.8. The van der Waals surface area contributed by atoms with Crippen LogP contribution in [0.5, 0.6) is 0 Å². The Morgan fingerprint density at radius 2 is 1.24 bits per heavy atom. The zero-order valence-electron chi connectivity index (χ0n) is 22.7. The summed E-state index contributed by atoms with van der Waals surface area (Å²) in [6, 6.07) is 19.4. The molecule has 13 nitrogen and oxygen atoms in total. The van der Waals surface area contributed by atoms with Crippen molar-refractivity contribution in [3.05, 3.63) is 66.5 Å². The fraction of sp³-hybridized carbons (Fsp3) is 0.357. The molecule has 2 aromatic heterocycles. The van der Waals surface area contributed by atoms with Gasteiger partial charge in [0.15, 0.2) is 0 Å². The Bertz CT molecular complexity index is 1370. The Hall–Kier alpha value is -4.62. The van der Waals surface area contributed by atoms with Gasteiger partial charge in [0.25, 0.3) is 0 Å². The number of nitrogens with zero attached hydrogens (tertiary/aromatic N) is 7. The van der Waals surface area contributed by atoms with Gasteiger partial charge in [0.2, 0.25) is 29.7 Å². The van der Waals surface area contributed by atoms with Gasteiger partial charge < -0.3 is 36.4 Å². The lowest BCUT2D eigenvalue weighted by Crippen LogP contribution is -2.37. The van der Waals surface area contributed by atoms with E-state index in [1.54, 1.807) is 0 Å². The highest BCUT2D eigenvalue weighted by molar-refractivity contribution is 5.56. The number of nitrogens with one attached hydrogen (secondary N) is 4. The highest BCUT2D eigenvalue weighted by Crippen LogP contribution is 2.23. The lowest BCUT2D eigenvalue weighted by atomic mass is 9.97. The minimum absolute atomic E-state index is 0.0268. The molecule has 6 N–H and O–H groups in total. The van der Waals surface area contributed by atoms with Crippen molar-refractivity contribution in [1.29, 1.82) is 0 Å². The van der Waals surface area contributed by atoms with Crippen LogP contribution in [0.25, 0.3) is 0 Å². The molecule has 0 radical (unpaired) electrons. The van der Waals surface area contributed by atoms with Gasteiger partial charge in [-0.05, 0) is 43.0 Å². The van der Waals surface area contributed by atoms with E-state index in [4.69, 9.17) is 0 Å². The van der Waals surface area contributed by atoms with Gasteiger partial charge >= 0.3 is 0 Å². The van der Waals surface area contributed by atoms with Gasteiger partial charge in [-0.25, -0.2) is 0 Å². The van der Waals surface area contributed by atoms with Crippen LogP contribution in [-0.2, 0) is 6.42 Å². The zero-order valence-corrected chi connectivity index (χ0v) is 22.7. The van der Waals surface area contributed by atoms with Gasteiger partial charge in [-0.1, -0.05) is 36.4 Å². The molecule has 214 valence electrons. The normalized spacial score (nSPS) is 13.6. The Balaban J connectivity index is 1.20. The van der Waals surface area contributed by atoms with Crippen molar-refractivity contribution in [2.24, 2.45) is 5.92 Å². The quantitative estimate of drug-likeness (QED) is 0.142. The smallest absolute Gasteiger partial charge is 0.233 e. The van der Waals surface area contributed by atoms with E-state index >= 15 is 0 Å². The summed E-state index contributed by atoms with van der Waals surface area (Å²) >= 11 is 0. The Kier molecular flexibility index (Phi) is 9.63. The fourth-order valence-electron chi connectivity index (χ4n) is 4.45. The number of benzene rings is 2. The Morgan fingerprint density at radius 1 is 0.659 bits per heavy atom. The summed E-state index contributed by atoms with van der Waals surface area (Å²) in [5.41, 5.74) is 1.76. The minimum atomic E-state index is -0.0289. The van der Waals surface area contributed by atoms with E-state index in [9.17, 15) is 10.2 Å². The van der Waals surface area contributed by atoms with Gasteiger partial charge in [0.1, 0.15) is 5.82 Å². The molecule has 0 atom stereocenters. The summed E-state index contributed by atoms with van der Waals surface area (Å²) in [5, 5.41) is 31.5. The van der Waals surface area contributed by atoms with Crippen LogP contribution < -0.4 is 26.2 Å². The van der Waals surface area contributed by atoms with Gasteiger partial charge in [-0.15, -0.1) is 0 Å². The van der Waals surface area contributed by atoms with Crippen molar-refractivity contribution in [2.75, 3.05) is 65.6 Å². The Morgan fingerprint density at radius 3 is 1.85 bits per heavy atom. The molecule has 1 aliphatic heterocycles. The molecular weight excluding hydrogens is 522 g/mol. The molecule has 0 bridgehead atoms. The molecule has 0 saturated carbocycles. The van der Waals surface area contributed by atoms with E-state index < -0.39 is 0 Å². The van der Waals surface area contributed by atoms with Crippen molar-refractivity contribution in [3.63, 3.8) is 0 Å². The molecule has 1 fully saturated rings. The molecule has 0 spiro atoms. The maximum absolute atomic E-state index is 9.47. The van der Waals surface area contributed by atoms with E-state index in [0.717, 1.165) is 37.3 Å². The zero-order chi connectivity index (χ0) is 28.3. The predicted octanol–water partition coefficient (Wildman–Crippen LogP) is 2.81. The maximum atomic E-state index is 9.47. The number of aliphatic hydroxyl groups excluding tert-OH is 2. The first kappa shape index (κ1) is 27.9. The average Bonchev–Trinajstić information content (AvgIpc) is 3.00. The molecule has 4 aromatic rings. The Labute approximate surface area is 238 Å². The number of aliphatic hydroxyl groups is 2. The molecule has 3 heterocycles. The molecule has 1 aliphatic rings. The molecule has 2 aromatic carbocycles. The lowest BCUT2D eigenvalue weighted by molar-refractivity contribution is 0.296. The summed E-state index contributed by atoms with van der Waals surface area (Å²) < 4.78 is 0. The summed E-state index contributed by atoms with van der Waals surface area (Å²) in [4.78, 5) is 29.4. The molecule has 13 heteroatoms. The lowest BCUT2D eigenvalue weighted by Gasteiger charge is -2.32. The molecule has 0 unspecified atom stereocenters. The van der Waals surface area contributed by atoms with E-state index in [-0.39, 0.29) is 13.2 Å². The number of hydrogen-bond donors (Lipinski definition) is 6. The molecule has 0 amide bonds. The SMILES string of the molecule is OCCNc1nc(NCC2CCN(c3nc(CCO)nc(Nc4ccccc4)n3)CC2)nc(Nc2ccccc2)n1. The minimum Gasteiger partial charge on any atom is -0.396 e. The predicted molar refractivity (Wildman–Crippen MR) is 159 cm³/mol. The van der Waals surface area contributed by atoms with Gasteiger partial charge in [-0.3, -0.25) is 0 Å². The second-order valence-electron chi connectivity index (χ2n) is 9.60. The summed E-state index contributed by atoms with van der Waals surface area (Å²) in [7, 11) is 0. The van der Waals surface area contributed by atoms with Crippen LogP contribution in [0, 0.1) is 5.92 Å². The monoisotopic (exact) mass is 557 g/mol. The number of rotatable bonds is 13. The first-order valence-corrected chi connectivity index (χ1v) is 13.8. The second kappa shape index (κ2) is 14.1. The molecule has 0 aliphatic carbocycles. The molecular formula is C28H35N11O2. The summed E-state index contributed by atoms with van der Waals surface area (Å²) in [6.45, 7) is 2.57. The van der Waals surface area contributed by atoms with Gasteiger partial charge in [0, 0.05) is 44.0 Å². The van der Waals surface area contributed by atoms with Crippen LogP contribution in [0.4, 0.5) is 41.1 Å². The maximum Gasteiger partial charge on any atom is 0.233 e. The summed E-state index contributed by atoms with van der Waals surface area (Å²) in [5.74, 6) is 3.30. The third-order valence-electron chi connectivity index (χ3n) is 6.54.